The quantitative estimate of drug-likeness (QED) is 0.245. The first kappa shape index (κ1) is 30.6. The number of benzene rings is 1. The number of fused-ring (bicyclic) bond motifs is 1. The number of amides is 1. The maximum absolute atomic E-state index is 13.8. The number of carbonyl (C=O) groups is 3. The van der Waals surface area contributed by atoms with Crippen LogP contribution in [-0.4, -0.2) is 53.0 Å². The highest BCUT2D eigenvalue weighted by Crippen LogP contribution is 2.31. The first-order valence-corrected chi connectivity index (χ1v) is 16.2. The van der Waals surface area contributed by atoms with E-state index in [4.69, 9.17) is 4.98 Å². The smallest absolute Gasteiger partial charge is 0.224 e. The fourth-order valence-electron chi connectivity index (χ4n) is 5.95. The second-order valence-electron chi connectivity index (χ2n) is 12.2. The summed E-state index contributed by atoms with van der Waals surface area (Å²) in [5.41, 5.74) is 2.90. The summed E-state index contributed by atoms with van der Waals surface area (Å²) in [6.07, 6.45) is 9.01. The van der Waals surface area contributed by atoms with Gasteiger partial charge in [-0.05, 0) is 68.3 Å². The summed E-state index contributed by atoms with van der Waals surface area (Å²) >= 11 is 1.62. The van der Waals surface area contributed by atoms with Gasteiger partial charge in [0.2, 0.25) is 5.91 Å². The molecule has 218 valence electrons. The molecule has 0 spiro atoms. The lowest BCUT2D eigenvalue weighted by Crippen LogP contribution is -2.45. The summed E-state index contributed by atoms with van der Waals surface area (Å²) in [7, 11) is 0. The Morgan fingerprint density at radius 3 is 2.52 bits per heavy atom. The van der Waals surface area contributed by atoms with Crippen LogP contribution in [0.2, 0.25) is 0 Å². The Hall–Kier alpha value is -2.38. The normalized spacial score (nSPS) is 17.9. The van der Waals surface area contributed by atoms with Gasteiger partial charge in [-0.1, -0.05) is 52.7 Å². The third-order valence-corrected chi connectivity index (χ3v) is 9.81. The Labute approximate surface area is 244 Å². The van der Waals surface area contributed by atoms with Crippen molar-refractivity contribution in [2.45, 2.75) is 103 Å². The predicted molar refractivity (Wildman–Crippen MR) is 164 cm³/mol. The van der Waals surface area contributed by atoms with Crippen molar-refractivity contribution in [3.8, 4) is 0 Å². The summed E-state index contributed by atoms with van der Waals surface area (Å²) < 4.78 is 1.12. The van der Waals surface area contributed by atoms with Crippen LogP contribution in [0.5, 0.6) is 0 Å². The molecule has 2 heterocycles. The van der Waals surface area contributed by atoms with Crippen LogP contribution < -0.4 is 5.32 Å². The average molecular weight is 566 g/mol. The molecule has 1 aliphatic heterocycles. The van der Waals surface area contributed by atoms with Gasteiger partial charge in [0.1, 0.15) is 5.78 Å². The number of hydrogen-bond donors (Lipinski definition) is 1. The summed E-state index contributed by atoms with van der Waals surface area (Å²) in [4.78, 5) is 46.3. The molecule has 1 aliphatic carbocycles. The van der Waals surface area contributed by atoms with E-state index >= 15 is 0 Å². The maximum atomic E-state index is 13.8. The molecule has 1 saturated heterocycles. The molecular formula is C33H47N3O3S. The third kappa shape index (κ3) is 8.32. The van der Waals surface area contributed by atoms with Crippen LogP contribution in [0.4, 0.5) is 0 Å². The van der Waals surface area contributed by atoms with Crippen molar-refractivity contribution in [3.05, 3.63) is 40.9 Å². The molecule has 2 atom stereocenters. The Morgan fingerprint density at radius 1 is 1.12 bits per heavy atom. The molecule has 1 N–H and O–H groups in total. The average Bonchev–Trinajstić information content (AvgIpc) is 3.34. The topological polar surface area (TPSA) is 79.4 Å². The van der Waals surface area contributed by atoms with Crippen molar-refractivity contribution in [2.24, 2.45) is 11.8 Å². The van der Waals surface area contributed by atoms with E-state index in [0.717, 1.165) is 54.0 Å². The molecule has 0 unspecified atom stereocenters. The number of nitrogens with zero attached hydrogens (tertiary/aromatic N) is 2. The highest BCUT2D eigenvalue weighted by Gasteiger charge is 2.30. The molecule has 2 aromatic rings. The Bertz CT molecular complexity index is 1190. The van der Waals surface area contributed by atoms with Crippen LogP contribution in [0.1, 0.15) is 101 Å². The number of ketones is 2. The van der Waals surface area contributed by atoms with Gasteiger partial charge in [0.05, 0.1) is 21.1 Å². The Kier molecular flexibility index (Phi) is 11.1. The van der Waals surface area contributed by atoms with Gasteiger partial charge in [-0.25, -0.2) is 4.98 Å². The van der Waals surface area contributed by atoms with Crippen LogP contribution in [0, 0.1) is 11.8 Å². The predicted octanol–water partition coefficient (Wildman–Crippen LogP) is 6.62. The fourth-order valence-corrected chi connectivity index (χ4v) is 7.04. The number of likely N-dealkylation sites (tertiary alicyclic amines) is 1. The van der Waals surface area contributed by atoms with E-state index in [9.17, 15) is 14.4 Å². The highest BCUT2D eigenvalue weighted by molar-refractivity contribution is 7.18. The van der Waals surface area contributed by atoms with E-state index in [0.29, 0.717) is 49.6 Å². The number of Topliss-reactive ketones (excluding diaryl/α,β-unsaturated/α-hetero) is 2. The van der Waals surface area contributed by atoms with Crippen LogP contribution in [0.25, 0.3) is 10.2 Å². The van der Waals surface area contributed by atoms with Gasteiger partial charge in [-0.15, -0.1) is 11.3 Å². The highest BCUT2D eigenvalue weighted by atomic mass is 32.1. The second-order valence-corrected chi connectivity index (χ2v) is 13.3. The standard InChI is InChI=1S/C33H47N3O3S/c1-5-27(37)18-26(20-32-34-29-13-12-25(22(2)3)19-31(29)40-32)33(39)35-28(24-10-7-6-8-11-24)14-15-30(38)23(4)21-36-16-9-17-36/h12-13,19,22,24,26,28H,4-11,14-18,20-21H2,1-3H3,(H,35,39)/t26-,28+/m0/s1. The van der Waals surface area contributed by atoms with Crippen molar-refractivity contribution in [1.29, 1.82) is 0 Å². The zero-order chi connectivity index (χ0) is 28.6. The Morgan fingerprint density at radius 2 is 1.88 bits per heavy atom. The maximum Gasteiger partial charge on any atom is 0.224 e. The number of thiazole rings is 1. The molecule has 0 radical (unpaired) electrons. The van der Waals surface area contributed by atoms with E-state index in [1.807, 2.05) is 6.92 Å². The number of carbonyl (C=O) groups excluding carboxylic acids is 3. The van der Waals surface area contributed by atoms with E-state index in [1.165, 1.54) is 18.4 Å². The second kappa shape index (κ2) is 14.5. The van der Waals surface area contributed by atoms with E-state index in [2.05, 4.69) is 48.8 Å². The molecule has 1 aromatic carbocycles. The lowest BCUT2D eigenvalue weighted by molar-refractivity contribution is -0.130. The van der Waals surface area contributed by atoms with Crippen LogP contribution in [0.15, 0.2) is 30.4 Å². The van der Waals surface area contributed by atoms with Crippen molar-refractivity contribution in [1.82, 2.24) is 15.2 Å². The zero-order valence-corrected chi connectivity index (χ0v) is 25.5. The molecule has 1 aromatic heterocycles. The summed E-state index contributed by atoms with van der Waals surface area (Å²) in [5.74, 6) is 0.470. The van der Waals surface area contributed by atoms with Crippen LogP contribution >= 0.6 is 11.3 Å². The number of hydrogen-bond acceptors (Lipinski definition) is 6. The number of aromatic nitrogens is 1. The molecule has 6 nitrogen and oxygen atoms in total. The van der Waals surface area contributed by atoms with Crippen molar-refractivity contribution >= 4 is 39.0 Å². The monoisotopic (exact) mass is 565 g/mol. The van der Waals surface area contributed by atoms with Crippen molar-refractivity contribution in [2.75, 3.05) is 19.6 Å². The van der Waals surface area contributed by atoms with Gasteiger partial charge < -0.3 is 5.32 Å². The Balaban J connectivity index is 1.45. The minimum atomic E-state index is -0.458. The lowest BCUT2D eigenvalue weighted by Gasteiger charge is -2.33. The lowest BCUT2D eigenvalue weighted by atomic mass is 9.81. The van der Waals surface area contributed by atoms with E-state index < -0.39 is 5.92 Å². The number of nitrogens with one attached hydrogen (secondary N) is 1. The summed E-state index contributed by atoms with van der Waals surface area (Å²) in [6, 6.07) is 6.31. The van der Waals surface area contributed by atoms with Crippen molar-refractivity contribution in [3.63, 3.8) is 0 Å². The molecule has 7 heteroatoms. The van der Waals surface area contributed by atoms with E-state index in [-0.39, 0.29) is 29.9 Å². The molecule has 2 fully saturated rings. The molecule has 2 aliphatic rings. The minimum Gasteiger partial charge on any atom is -0.353 e. The first-order chi connectivity index (χ1) is 19.2. The molecule has 40 heavy (non-hydrogen) atoms. The molecular weight excluding hydrogens is 518 g/mol. The van der Waals surface area contributed by atoms with Crippen LogP contribution in [-0.2, 0) is 20.8 Å². The molecule has 0 bridgehead atoms. The van der Waals surface area contributed by atoms with Gasteiger partial charge >= 0.3 is 0 Å². The van der Waals surface area contributed by atoms with Gasteiger partial charge in [-0.2, -0.15) is 0 Å². The van der Waals surface area contributed by atoms with Gasteiger partial charge in [-0.3, -0.25) is 19.3 Å². The van der Waals surface area contributed by atoms with E-state index in [1.54, 1.807) is 11.3 Å². The van der Waals surface area contributed by atoms with Crippen LogP contribution in [0.3, 0.4) is 0 Å². The van der Waals surface area contributed by atoms with Gasteiger partial charge in [0.25, 0.3) is 0 Å². The fraction of sp³-hybridized carbons (Fsp3) is 0.636. The minimum absolute atomic E-state index is 0.0586. The first-order valence-electron chi connectivity index (χ1n) is 15.4. The molecule has 1 amide bonds. The van der Waals surface area contributed by atoms with Gasteiger partial charge in [0, 0.05) is 43.8 Å². The zero-order valence-electron chi connectivity index (χ0n) is 24.7. The largest absolute Gasteiger partial charge is 0.353 e. The summed E-state index contributed by atoms with van der Waals surface area (Å²) in [5, 5.41) is 4.24. The number of rotatable bonds is 15. The SMILES string of the molecule is C=C(CN1CCC1)C(=O)CC[C@@H](NC(=O)[C@@H](CC(=O)CC)Cc1nc2ccc(C(C)C)cc2s1)C1CCCCC1. The molecule has 4 rings (SSSR count). The molecule has 1 saturated carbocycles. The van der Waals surface area contributed by atoms with Gasteiger partial charge in [0.15, 0.2) is 5.78 Å². The third-order valence-electron chi connectivity index (χ3n) is 8.77. The van der Waals surface area contributed by atoms with Crippen molar-refractivity contribution < 1.29 is 14.4 Å². The summed E-state index contributed by atoms with van der Waals surface area (Å²) in [6.45, 7) is 13.0.